The van der Waals surface area contributed by atoms with Gasteiger partial charge in [-0.05, 0) is 6.07 Å². The summed E-state index contributed by atoms with van der Waals surface area (Å²) in [6, 6.07) is 0.487. The fourth-order valence-electron chi connectivity index (χ4n) is 1.27. The van der Waals surface area contributed by atoms with Crippen LogP contribution in [-0.2, 0) is 10.1 Å². The molecule has 0 spiro atoms. The first kappa shape index (κ1) is 16.1. The van der Waals surface area contributed by atoms with Crippen molar-refractivity contribution < 1.29 is 43.4 Å². The molecule has 1 aromatic heterocycles. The van der Waals surface area contributed by atoms with E-state index in [2.05, 4.69) is 13.6 Å². The van der Waals surface area contributed by atoms with E-state index in [1.807, 2.05) is 0 Å². The molecule has 0 aliphatic carbocycles. The number of oxazole rings is 1. The van der Waals surface area contributed by atoms with Crippen molar-refractivity contribution in [2.45, 2.75) is 5.51 Å². The first-order valence-corrected chi connectivity index (χ1v) is 6.53. The van der Waals surface area contributed by atoms with Crippen molar-refractivity contribution in [1.82, 2.24) is 4.98 Å². The van der Waals surface area contributed by atoms with Gasteiger partial charge >= 0.3 is 15.6 Å². The van der Waals surface area contributed by atoms with Gasteiger partial charge in [0.1, 0.15) is 5.82 Å². The lowest BCUT2D eigenvalue weighted by Crippen LogP contribution is -2.28. The molecular formula is C10H3F6NO4S. The quantitative estimate of drug-likeness (QED) is 0.370. The van der Waals surface area contributed by atoms with Crippen LogP contribution in [-0.4, -0.2) is 18.9 Å². The van der Waals surface area contributed by atoms with Crippen molar-refractivity contribution in [1.29, 1.82) is 0 Å². The Morgan fingerprint density at radius 3 is 2.23 bits per heavy atom. The highest BCUT2D eigenvalue weighted by Gasteiger charge is 2.49. The zero-order chi connectivity index (χ0) is 16.7. The second-order valence-corrected chi connectivity index (χ2v) is 5.26. The fraction of sp³-hybridized carbons (Fsp3) is 0.100. The third kappa shape index (κ3) is 3.00. The number of nitrogens with zero attached hydrogens (tertiary/aromatic N) is 1. The Balaban J connectivity index is 2.36. The van der Waals surface area contributed by atoms with Crippen LogP contribution < -0.4 is 4.18 Å². The Kier molecular flexibility index (Phi) is 3.81. The van der Waals surface area contributed by atoms with E-state index in [9.17, 15) is 34.8 Å². The zero-order valence-corrected chi connectivity index (χ0v) is 10.8. The molecule has 0 saturated carbocycles. The van der Waals surface area contributed by atoms with Crippen LogP contribution in [0.5, 0.6) is 5.88 Å². The predicted octanol–water partition coefficient (Wildman–Crippen LogP) is 2.99. The topological polar surface area (TPSA) is 69.4 Å². The summed E-state index contributed by atoms with van der Waals surface area (Å²) in [7, 11) is -5.99. The van der Waals surface area contributed by atoms with E-state index in [4.69, 9.17) is 0 Å². The maximum absolute atomic E-state index is 13.4. The number of hydrogen-bond acceptors (Lipinski definition) is 5. The van der Waals surface area contributed by atoms with Crippen LogP contribution in [0.4, 0.5) is 26.3 Å². The summed E-state index contributed by atoms with van der Waals surface area (Å²) < 4.78 is 105. The molecule has 0 bridgehead atoms. The molecule has 0 atom stereocenters. The second kappa shape index (κ2) is 5.19. The third-order valence-electron chi connectivity index (χ3n) is 2.20. The van der Waals surface area contributed by atoms with Crippen LogP contribution in [0.15, 0.2) is 22.8 Å². The molecule has 0 fully saturated rings. The van der Waals surface area contributed by atoms with Crippen LogP contribution in [0.2, 0.25) is 0 Å². The molecule has 0 radical (unpaired) electrons. The van der Waals surface area contributed by atoms with Crippen molar-refractivity contribution in [3.05, 3.63) is 35.8 Å². The molecule has 2 rings (SSSR count). The van der Waals surface area contributed by atoms with E-state index >= 15 is 0 Å². The van der Waals surface area contributed by atoms with E-state index in [0.717, 1.165) is 0 Å². The minimum atomic E-state index is -5.99. The van der Waals surface area contributed by atoms with E-state index in [1.54, 1.807) is 0 Å². The predicted molar refractivity (Wildman–Crippen MR) is 57.4 cm³/mol. The zero-order valence-electron chi connectivity index (χ0n) is 9.99. The molecule has 0 unspecified atom stereocenters. The lowest BCUT2D eigenvalue weighted by atomic mass is 10.2. The lowest BCUT2D eigenvalue weighted by Gasteiger charge is -2.05. The first-order valence-electron chi connectivity index (χ1n) is 5.12. The molecule has 0 amide bonds. The van der Waals surface area contributed by atoms with Crippen molar-refractivity contribution in [2.75, 3.05) is 0 Å². The summed E-state index contributed by atoms with van der Waals surface area (Å²) in [5, 5.41) is 0. The largest absolute Gasteiger partial charge is 0.534 e. The van der Waals surface area contributed by atoms with Gasteiger partial charge in [-0.2, -0.15) is 26.6 Å². The number of benzene rings is 1. The summed E-state index contributed by atoms with van der Waals surface area (Å²) >= 11 is 0. The Morgan fingerprint density at radius 2 is 1.64 bits per heavy atom. The molecule has 1 aromatic carbocycles. The third-order valence-corrected chi connectivity index (χ3v) is 3.16. The normalized spacial score (nSPS) is 12.5. The van der Waals surface area contributed by atoms with Gasteiger partial charge in [-0.3, -0.25) is 0 Å². The van der Waals surface area contributed by atoms with Crippen LogP contribution in [0.3, 0.4) is 0 Å². The Bertz CT molecular complexity index is 813. The van der Waals surface area contributed by atoms with Gasteiger partial charge in [0.15, 0.2) is 17.9 Å². The van der Waals surface area contributed by atoms with Gasteiger partial charge < -0.3 is 8.60 Å². The molecule has 0 aliphatic rings. The molecule has 5 nitrogen and oxygen atoms in total. The Labute approximate surface area is 118 Å². The number of rotatable bonds is 3. The summed E-state index contributed by atoms with van der Waals surface area (Å²) in [5.74, 6) is -6.27. The number of aromatic nitrogens is 1. The SMILES string of the molecule is O=S(=O)(Oc1coc(-c2cc(F)c(F)cc2F)n1)C(F)(F)F. The van der Waals surface area contributed by atoms with Gasteiger partial charge in [0, 0.05) is 6.07 Å². The standard InChI is InChI=1S/C10H3F6NO4S/c11-5-2-7(13)6(12)1-4(5)9-17-8(3-20-9)21-22(18,19)10(14,15)16/h1-3H. The van der Waals surface area contributed by atoms with Gasteiger partial charge in [0.2, 0.25) is 5.89 Å². The number of hydrogen-bond donors (Lipinski definition) is 0. The van der Waals surface area contributed by atoms with E-state index in [1.165, 1.54) is 0 Å². The molecular weight excluding hydrogens is 344 g/mol. The number of alkyl halides is 3. The summed E-state index contributed by atoms with van der Waals surface area (Å²) in [4.78, 5) is 3.11. The first-order chi connectivity index (χ1) is 10.0. The Morgan fingerprint density at radius 1 is 1.05 bits per heavy atom. The molecule has 0 aliphatic heterocycles. The summed E-state index contributed by atoms with van der Waals surface area (Å²) in [5.41, 5.74) is -6.45. The van der Waals surface area contributed by atoms with Gasteiger partial charge in [-0.25, -0.2) is 13.2 Å². The van der Waals surface area contributed by atoms with Crippen molar-refractivity contribution in [3.8, 4) is 17.3 Å². The molecule has 120 valence electrons. The summed E-state index contributed by atoms with van der Waals surface area (Å²) in [6.07, 6.45) is 0.333. The van der Waals surface area contributed by atoms with Crippen LogP contribution >= 0.6 is 0 Å². The molecule has 0 saturated heterocycles. The summed E-state index contributed by atoms with van der Waals surface area (Å²) in [6.45, 7) is 0. The van der Waals surface area contributed by atoms with Gasteiger partial charge in [-0.15, -0.1) is 0 Å². The molecule has 12 heteroatoms. The lowest BCUT2D eigenvalue weighted by molar-refractivity contribution is -0.0501. The Hall–Kier alpha value is -2.24. The molecule has 2 aromatic rings. The average Bonchev–Trinajstić information content (AvgIpc) is 2.80. The number of halogens is 6. The minimum Gasteiger partial charge on any atom is -0.440 e. The minimum absolute atomic E-state index is 0.155. The van der Waals surface area contributed by atoms with Crippen LogP contribution in [0.1, 0.15) is 0 Å². The van der Waals surface area contributed by atoms with E-state index < -0.39 is 50.4 Å². The van der Waals surface area contributed by atoms with Crippen molar-refractivity contribution in [2.24, 2.45) is 0 Å². The van der Waals surface area contributed by atoms with Crippen LogP contribution in [0, 0.1) is 17.5 Å². The highest BCUT2D eigenvalue weighted by Crippen LogP contribution is 2.30. The van der Waals surface area contributed by atoms with Crippen molar-refractivity contribution in [3.63, 3.8) is 0 Å². The van der Waals surface area contributed by atoms with E-state index in [0.29, 0.717) is 12.3 Å². The van der Waals surface area contributed by atoms with Gasteiger partial charge in [-0.1, -0.05) is 0 Å². The second-order valence-electron chi connectivity index (χ2n) is 3.72. The van der Waals surface area contributed by atoms with Crippen molar-refractivity contribution >= 4 is 10.1 Å². The highest BCUT2D eigenvalue weighted by molar-refractivity contribution is 7.87. The molecule has 0 N–H and O–H groups in total. The van der Waals surface area contributed by atoms with Crippen LogP contribution in [0.25, 0.3) is 11.5 Å². The van der Waals surface area contributed by atoms with Gasteiger partial charge in [0.25, 0.3) is 5.88 Å². The molecule has 1 heterocycles. The molecule has 22 heavy (non-hydrogen) atoms. The average molecular weight is 347 g/mol. The highest BCUT2D eigenvalue weighted by atomic mass is 32.2. The van der Waals surface area contributed by atoms with Gasteiger partial charge in [0.05, 0.1) is 5.56 Å². The maximum Gasteiger partial charge on any atom is 0.534 e. The fourth-order valence-corrected chi connectivity index (χ4v) is 1.66. The smallest absolute Gasteiger partial charge is 0.440 e. The van der Waals surface area contributed by atoms with E-state index in [-0.39, 0.29) is 6.07 Å². The maximum atomic E-state index is 13.4. The monoisotopic (exact) mass is 347 g/mol.